The zero-order valence-corrected chi connectivity index (χ0v) is 30.2. The van der Waals surface area contributed by atoms with Crippen LogP contribution in [0.5, 0.6) is 5.75 Å². The maximum absolute atomic E-state index is 11.0. The van der Waals surface area contributed by atoms with E-state index >= 15 is 0 Å². The number of aromatic hydroxyl groups is 1. The van der Waals surface area contributed by atoms with Gasteiger partial charge in [0.25, 0.3) is 0 Å². The van der Waals surface area contributed by atoms with E-state index in [1.807, 2.05) is 15.7 Å². The van der Waals surface area contributed by atoms with Crippen molar-refractivity contribution in [3.8, 4) is 28.0 Å². The van der Waals surface area contributed by atoms with E-state index in [0.717, 1.165) is 67.0 Å². The number of allylic oxidation sites excluding steroid dienone is 9. The summed E-state index contributed by atoms with van der Waals surface area (Å²) in [7, 11) is 12.7. The molecule has 238 valence electrons. The van der Waals surface area contributed by atoms with Crippen LogP contribution in [0.3, 0.4) is 0 Å². The zero-order chi connectivity index (χ0) is 35.6. The van der Waals surface area contributed by atoms with Crippen LogP contribution in [-0.2, 0) is 0 Å². The lowest BCUT2D eigenvalue weighted by Gasteiger charge is -2.22. The Morgan fingerprint density at radius 1 is 0.588 bits per heavy atom. The smallest absolute Gasteiger partial charge is 0.144 e. The first kappa shape index (κ1) is 32.7. The predicted molar refractivity (Wildman–Crippen MR) is 239 cm³/mol. The van der Waals surface area contributed by atoms with Gasteiger partial charge < -0.3 is 9.52 Å². The molecule has 0 atom stereocenters. The fourth-order valence-electron chi connectivity index (χ4n) is 8.25. The molecule has 51 heavy (non-hydrogen) atoms. The number of hydrogen-bond acceptors (Lipinski definition) is 2. The van der Waals surface area contributed by atoms with E-state index < -0.39 is 0 Å². The van der Waals surface area contributed by atoms with Crippen molar-refractivity contribution >= 4 is 129 Å². The summed E-state index contributed by atoms with van der Waals surface area (Å²) < 4.78 is 6.69. The minimum Gasteiger partial charge on any atom is -0.509 e. The number of fused-ring (bicyclic) bond motifs is 5. The second-order valence-corrected chi connectivity index (χ2v) is 14.1. The minimum atomic E-state index is 0.364. The third-order valence-corrected chi connectivity index (χ3v) is 11.0. The summed E-state index contributed by atoms with van der Waals surface area (Å²) in [5.74, 6) is 0.364. The second kappa shape index (κ2) is 12.7. The van der Waals surface area contributed by atoms with Crippen LogP contribution in [0.2, 0.25) is 0 Å². The maximum atomic E-state index is 11.0. The molecule has 0 bridgehead atoms. The summed E-state index contributed by atoms with van der Waals surface area (Å²) in [5.41, 5.74) is 16.2. The first-order chi connectivity index (χ1) is 24.7. The Hall–Kier alpha value is -5.47. The van der Waals surface area contributed by atoms with E-state index in [0.29, 0.717) is 5.75 Å². The summed E-state index contributed by atoms with van der Waals surface area (Å²) in [5, 5.41) is 18.1. The van der Waals surface area contributed by atoms with E-state index in [9.17, 15) is 5.11 Å². The topological polar surface area (TPSA) is 33.4 Å². The number of rotatable bonds is 3. The Balaban J connectivity index is 1.44. The monoisotopic (exact) mass is 650 g/mol. The van der Waals surface area contributed by atoms with E-state index in [1.165, 1.54) is 54.6 Å². The first-order valence-corrected chi connectivity index (χ1v) is 17.8. The third kappa shape index (κ3) is 5.28. The Morgan fingerprint density at radius 2 is 1.29 bits per heavy atom. The largest absolute Gasteiger partial charge is 0.509 e. The highest BCUT2D eigenvalue weighted by molar-refractivity contribution is 6.62. The van der Waals surface area contributed by atoms with Crippen LogP contribution < -0.4 is 32.8 Å². The summed E-state index contributed by atoms with van der Waals surface area (Å²) in [6.45, 7) is 4.27. The van der Waals surface area contributed by atoms with E-state index in [-0.39, 0.29) is 0 Å². The number of furan rings is 1. The van der Waals surface area contributed by atoms with Gasteiger partial charge in [0.2, 0.25) is 0 Å². The Kier molecular flexibility index (Phi) is 8.14. The quantitative estimate of drug-likeness (QED) is 0.233. The summed E-state index contributed by atoms with van der Waals surface area (Å²) in [6.07, 6.45) is 15.9. The van der Waals surface area contributed by atoms with Gasteiger partial charge in [0.15, 0.2) is 0 Å². The summed E-state index contributed by atoms with van der Waals surface area (Å²) >= 11 is 0. The normalized spacial score (nSPS) is 16.4. The van der Waals surface area contributed by atoms with E-state index in [1.54, 1.807) is 0 Å². The van der Waals surface area contributed by atoms with Crippen molar-refractivity contribution in [1.82, 2.24) is 0 Å². The molecule has 0 fully saturated rings. The molecular weight excluding hydrogens is 613 g/mol. The van der Waals surface area contributed by atoms with Gasteiger partial charge in [-0.2, -0.15) is 0 Å². The molecule has 1 aromatic heterocycles. The van der Waals surface area contributed by atoms with Crippen LogP contribution in [0.25, 0.3) is 71.3 Å². The predicted octanol–water partition coefficient (Wildman–Crippen LogP) is 1.49. The Labute approximate surface area is 304 Å². The Bertz CT molecular complexity index is 2670. The molecule has 2 nitrogen and oxygen atoms in total. The number of phenols is 1. The molecule has 0 unspecified atom stereocenters. The van der Waals surface area contributed by atoms with Crippen LogP contribution in [0.1, 0.15) is 12.0 Å². The van der Waals surface area contributed by atoms with Crippen molar-refractivity contribution in [2.45, 2.75) is 6.42 Å². The first-order valence-electron chi connectivity index (χ1n) is 17.8. The average molecular weight is 650 g/mol. The van der Waals surface area contributed by atoms with Crippen LogP contribution in [0.15, 0.2) is 132 Å². The molecule has 8 heteroatoms. The van der Waals surface area contributed by atoms with Gasteiger partial charge in [0, 0.05) is 10.8 Å². The van der Waals surface area contributed by atoms with Crippen LogP contribution in [0, 0.1) is 0 Å². The highest BCUT2D eigenvalue weighted by Gasteiger charge is 2.23. The molecule has 6 aromatic carbocycles. The standard InChI is InChI=1S/C43H36B6O2/c1-22-9-4-2-3-5-10-23(18-17-22)33-37-27(11-6-14-29(37)44)35(28-12-7-15-30(45)38(28)33)26-13-8-16-31-36(26)25-20-19-24(21-32(25)51-31)34-39(46)41(48)42(49)43(50)40(34)47/h2-4,6-21,50H,1,5,44-49H2/b3-2-,9-4-,18-17-,23-10+. The molecule has 1 aliphatic rings. The van der Waals surface area contributed by atoms with Crippen molar-refractivity contribution in [2.24, 2.45) is 0 Å². The summed E-state index contributed by atoms with van der Waals surface area (Å²) in [4.78, 5) is 0. The van der Waals surface area contributed by atoms with Gasteiger partial charge in [-0.1, -0.05) is 131 Å². The lowest BCUT2D eigenvalue weighted by Crippen LogP contribution is -2.44. The molecule has 1 N–H and O–H groups in total. The molecule has 0 saturated carbocycles. The van der Waals surface area contributed by atoms with Crippen LogP contribution in [0.4, 0.5) is 0 Å². The summed E-state index contributed by atoms with van der Waals surface area (Å²) in [6, 6.07) is 26.4. The molecular formula is C43H36B6O2. The molecule has 1 heterocycles. The fourth-order valence-corrected chi connectivity index (χ4v) is 8.25. The lowest BCUT2D eigenvalue weighted by molar-refractivity contribution is 0.484. The van der Waals surface area contributed by atoms with Crippen molar-refractivity contribution in [2.75, 3.05) is 0 Å². The lowest BCUT2D eigenvalue weighted by atomic mass is 9.65. The van der Waals surface area contributed by atoms with E-state index in [2.05, 4.69) is 153 Å². The highest BCUT2D eigenvalue weighted by Crippen LogP contribution is 2.45. The average Bonchev–Trinajstić information content (AvgIpc) is 3.51. The number of hydrogen-bond donors (Lipinski definition) is 1. The molecule has 1 aliphatic carbocycles. The zero-order valence-electron chi connectivity index (χ0n) is 30.2. The van der Waals surface area contributed by atoms with Gasteiger partial charge >= 0.3 is 0 Å². The highest BCUT2D eigenvalue weighted by atomic mass is 16.3. The van der Waals surface area contributed by atoms with Gasteiger partial charge in [0.1, 0.15) is 64.0 Å². The van der Waals surface area contributed by atoms with Crippen molar-refractivity contribution in [3.05, 3.63) is 133 Å². The molecule has 8 rings (SSSR count). The molecule has 0 amide bonds. The van der Waals surface area contributed by atoms with Gasteiger partial charge in [-0.05, 0) is 90.6 Å². The van der Waals surface area contributed by atoms with Crippen LogP contribution >= 0.6 is 0 Å². The van der Waals surface area contributed by atoms with Gasteiger partial charge in [-0.25, -0.2) is 0 Å². The van der Waals surface area contributed by atoms with Crippen molar-refractivity contribution < 1.29 is 9.52 Å². The molecule has 0 aliphatic heterocycles. The molecule has 0 saturated heterocycles. The third-order valence-electron chi connectivity index (χ3n) is 11.0. The maximum Gasteiger partial charge on any atom is 0.144 e. The molecule has 7 aromatic rings. The second-order valence-electron chi connectivity index (χ2n) is 14.1. The molecule has 0 radical (unpaired) electrons. The van der Waals surface area contributed by atoms with Crippen molar-refractivity contribution in [1.29, 1.82) is 0 Å². The molecule has 0 spiro atoms. The fraction of sp³-hybridized carbons (Fsp3) is 0.0233. The number of phenolic OH excluding ortho intramolecular Hbond substituents is 1. The van der Waals surface area contributed by atoms with Gasteiger partial charge in [-0.15, -0.1) is 0 Å². The number of benzene rings is 6. The SMILES string of the molecule is Bc1c(B)c(O)c(B)c(-c2ccc3c(c2)oc2cccc(-c4c5cccc(B)c5c(C5=C/C/C=C\C=C/C(=C)/C=C\5)c5c(B)cccc45)c23)c1B. The van der Waals surface area contributed by atoms with Crippen molar-refractivity contribution in [3.63, 3.8) is 0 Å². The van der Waals surface area contributed by atoms with Gasteiger partial charge in [-0.3, -0.25) is 0 Å². The van der Waals surface area contributed by atoms with Crippen LogP contribution in [-0.4, -0.2) is 52.2 Å². The van der Waals surface area contributed by atoms with E-state index in [4.69, 9.17) is 4.42 Å². The Morgan fingerprint density at radius 3 is 2.02 bits per heavy atom. The van der Waals surface area contributed by atoms with Gasteiger partial charge in [0.05, 0.1) is 0 Å². The minimum absolute atomic E-state index is 0.364.